The maximum absolute atomic E-state index is 9.27. The average Bonchev–Trinajstić information content (AvgIpc) is 1.38. The van der Waals surface area contributed by atoms with E-state index in [1.807, 2.05) is 0 Å². The van der Waals surface area contributed by atoms with Crippen LogP contribution >= 0.6 is 0 Å². The fourth-order valence-corrected chi connectivity index (χ4v) is 0. The molecule has 0 unspecified atom stereocenters. The summed E-state index contributed by atoms with van der Waals surface area (Å²) < 4.78 is 12.3. The maximum Gasteiger partial charge on any atom is 1.00 e. The molecule has 3 nitrogen and oxygen atoms in total. The van der Waals surface area contributed by atoms with Crippen LogP contribution in [0.2, 0.25) is 0 Å². The Labute approximate surface area is 63.8 Å². The Kier molecular flexibility index (Phi) is 10.8. The van der Waals surface area contributed by atoms with Crippen molar-refractivity contribution in [2.45, 2.75) is 0 Å². The van der Waals surface area contributed by atoms with Gasteiger partial charge in [-0.2, -0.15) is 0 Å². The van der Waals surface area contributed by atoms with Gasteiger partial charge in [-0.25, -0.2) is 11.2 Å². The zero-order valence-corrected chi connectivity index (χ0v) is 6.71. The first kappa shape index (κ1) is 10.3. The summed E-state index contributed by atoms with van der Waals surface area (Å²) in [5.41, 5.74) is 0. The van der Waals surface area contributed by atoms with E-state index in [2.05, 4.69) is 15.5 Å². The molecule has 0 aromatic carbocycles. The van der Waals surface area contributed by atoms with E-state index in [-0.39, 0.29) is 29.6 Å². The molecule has 0 fully saturated rings. The van der Waals surface area contributed by atoms with Crippen LogP contribution in [0.3, 0.4) is 0 Å². The molecule has 0 atom stereocenters. The van der Waals surface area contributed by atoms with E-state index in [0.29, 0.717) is 0 Å². The van der Waals surface area contributed by atoms with E-state index in [4.69, 9.17) is 5.26 Å². The molecule has 0 bridgehead atoms. The molecule has 0 saturated carbocycles. The van der Waals surface area contributed by atoms with Crippen LogP contribution in [0.25, 0.3) is 0 Å². The van der Waals surface area contributed by atoms with Gasteiger partial charge in [0, 0.05) is 0 Å². The fourth-order valence-electron chi connectivity index (χ4n) is 0. The standard InChI is InChI=1S/Na.HO3S2/c;1-3-5(2)4/h;1H/q+1;-1. The van der Waals surface area contributed by atoms with Crippen molar-refractivity contribution in [3.8, 4) is 0 Å². The Balaban J connectivity index is 0. The second kappa shape index (κ2) is 6.29. The van der Waals surface area contributed by atoms with E-state index in [0.717, 1.165) is 0 Å². The van der Waals surface area contributed by atoms with Crippen molar-refractivity contribution in [2.24, 2.45) is 0 Å². The van der Waals surface area contributed by atoms with E-state index in [1.165, 1.54) is 0 Å². The summed E-state index contributed by atoms with van der Waals surface area (Å²) in [5.74, 6) is 0. The van der Waals surface area contributed by atoms with E-state index in [1.54, 1.807) is 0 Å². The van der Waals surface area contributed by atoms with Crippen LogP contribution in [0.15, 0.2) is 0 Å². The third-order valence-electron chi connectivity index (χ3n) is 0.0609. The molecule has 6 heavy (non-hydrogen) atoms. The predicted octanol–water partition coefficient (Wildman–Crippen LogP) is -3.18. The van der Waals surface area contributed by atoms with Crippen molar-refractivity contribution in [1.82, 2.24) is 0 Å². The summed E-state index contributed by atoms with van der Waals surface area (Å²) in [4.78, 5) is 0. The van der Waals surface area contributed by atoms with Crippen LogP contribution in [0.1, 0.15) is 0 Å². The topological polar surface area (TPSA) is 46.5 Å². The number of hydrogen-bond acceptors (Lipinski definition) is 5. The zero-order valence-electron chi connectivity index (χ0n) is 3.08. The van der Waals surface area contributed by atoms with Crippen molar-refractivity contribution in [1.29, 1.82) is 0 Å². The van der Waals surface area contributed by atoms with Gasteiger partial charge in [0.15, 0.2) is 0 Å². The average molecular weight is 136 g/mol. The smallest absolute Gasteiger partial charge is 0.423 e. The van der Waals surface area contributed by atoms with Crippen molar-refractivity contribution in [2.75, 3.05) is 0 Å². The first-order valence-corrected chi connectivity index (χ1v) is 2.68. The third kappa shape index (κ3) is 8.99. The van der Waals surface area contributed by atoms with Crippen LogP contribution in [-0.2, 0) is 29.4 Å². The first-order valence-electron chi connectivity index (χ1n) is 0.683. The van der Waals surface area contributed by atoms with Crippen molar-refractivity contribution in [3.63, 3.8) is 0 Å². The van der Waals surface area contributed by atoms with Crippen molar-refractivity contribution in [3.05, 3.63) is 0 Å². The molecule has 0 heterocycles. The summed E-state index contributed by atoms with van der Waals surface area (Å²) in [7, 11) is -1.93. The molecule has 32 valence electrons. The molecule has 1 N–H and O–H groups in total. The summed E-state index contributed by atoms with van der Waals surface area (Å²) in [6, 6.07) is 0. The van der Waals surface area contributed by atoms with Gasteiger partial charge in [-0.05, 0) is 0 Å². The maximum atomic E-state index is 9.27. The Morgan fingerprint density at radius 2 is 2.00 bits per heavy atom. The van der Waals surface area contributed by atoms with Crippen molar-refractivity contribution >= 4 is 20.8 Å². The van der Waals surface area contributed by atoms with Gasteiger partial charge in [-0.3, -0.25) is 5.26 Å². The predicted molar refractivity (Wildman–Crippen MR) is 19.1 cm³/mol. The van der Waals surface area contributed by atoms with Crippen LogP contribution in [0, 0.1) is 0 Å². The molecule has 0 amide bonds. The van der Waals surface area contributed by atoms with Gasteiger partial charge >= 0.3 is 29.6 Å². The second-order valence-corrected chi connectivity index (χ2v) is 1.65. The van der Waals surface area contributed by atoms with Crippen LogP contribution in [0.5, 0.6) is 0 Å². The Morgan fingerprint density at radius 3 is 2.00 bits per heavy atom. The summed E-state index contributed by atoms with van der Waals surface area (Å²) in [6.07, 6.45) is 0. The quantitative estimate of drug-likeness (QED) is 0.179. The molecule has 0 aliphatic heterocycles. The normalized spacial score (nSPS) is 7.67. The molecular weight excluding hydrogens is 135 g/mol. The molecule has 0 radical (unpaired) electrons. The minimum atomic E-state index is -1.93. The zero-order chi connectivity index (χ0) is 4.28. The molecular formula is HNaO3S2. The molecule has 0 saturated heterocycles. The van der Waals surface area contributed by atoms with Gasteiger partial charge in [0.05, 0.1) is 0 Å². The Hall–Kier alpha value is 1.29. The van der Waals surface area contributed by atoms with E-state index in [9.17, 15) is 4.21 Å². The molecule has 0 aromatic heterocycles. The summed E-state index contributed by atoms with van der Waals surface area (Å²) in [6.45, 7) is 0. The Bertz CT molecular complexity index is 66.9. The number of hydrogen-bond donors (Lipinski definition) is 1. The molecule has 0 aliphatic rings. The SMILES string of the molecule is O=[S-](=S)OO.[Na+]. The second-order valence-electron chi connectivity index (χ2n) is 0.279. The first-order chi connectivity index (χ1) is 2.27. The van der Waals surface area contributed by atoms with Gasteiger partial charge in [-0.15, -0.1) is 0 Å². The fraction of sp³-hybridized carbons (Fsp3) is 0. The van der Waals surface area contributed by atoms with Gasteiger partial charge in [0.2, 0.25) is 0 Å². The summed E-state index contributed by atoms with van der Waals surface area (Å²) >= 11 is 3.78. The minimum absolute atomic E-state index is 0. The largest absolute Gasteiger partial charge is 1.00 e. The number of rotatable bonds is 1. The summed E-state index contributed by atoms with van der Waals surface area (Å²) in [5, 5.41) is 7.24. The Morgan fingerprint density at radius 1 is 1.83 bits per heavy atom. The van der Waals surface area contributed by atoms with Gasteiger partial charge in [0.25, 0.3) is 0 Å². The van der Waals surface area contributed by atoms with Gasteiger partial charge < -0.3 is 8.54 Å². The van der Waals surface area contributed by atoms with Crippen LogP contribution in [0.4, 0.5) is 0 Å². The van der Waals surface area contributed by atoms with Crippen LogP contribution in [-0.4, -0.2) is 5.26 Å². The van der Waals surface area contributed by atoms with Gasteiger partial charge in [0.1, 0.15) is 0 Å². The van der Waals surface area contributed by atoms with Gasteiger partial charge in [-0.1, -0.05) is 9.64 Å². The third-order valence-corrected chi connectivity index (χ3v) is 0.365. The van der Waals surface area contributed by atoms with Crippen molar-refractivity contribution < 1.29 is 43.4 Å². The molecule has 6 heteroatoms. The van der Waals surface area contributed by atoms with E-state index < -0.39 is 9.64 Å². The van der Waals surface area contributed by atoms with Crippen LogP contribution < -0.4 is 29.6 Å². The molecule has 0 spiro atoms. The molecule has 0 aliphatic carbocycles. The molecule has 0 rings (SSSR count). The minimum Gasteiger partial charge on any atom is -0.423 e. The molecule has 0 aromatic rings. The monoisotopic (exact) mass is 136 g/mol. The van der Waals surface area contributed by atoms with E-state index >= 15 is 0 Å².